The van der Waals surface area contributed by atoms with Gasteiger partial charge < -0.3 is 15.7 Å². The summed E-state index contributed by atoms with van der Waals surface area (Å²) in [6.07, 6.45) is 3.18. The molecule has 1 rings (SSSR count). The summed E-state index contributed by atoms with van der Waals surface area (Å²) >= 11 is 1.77. The monoisotopic (exact) mass is 254 g/mol. The van der Waals surface area contributed by atoms with Crippen molar-refractivity contribution < 1.29 is 5.11 Å². The Morgan fingerprint density at radius 1 is 1.06 bits per heavy atom. The molecule has 0 saturated carbocycles. The summed E-state index contributed by atoms with van der Waals surface area (Å²) in [6.45, 7) is 3.79. The fourth-order valence-corrected chi connectivity index (χ4v) is 1.93. The normalized spacial score (nSPS) is 10.7. The first-order valence-electron chi connectivity index (χ1n) is 6.02. The largest absolute Gasteiger partial charge is 0.395 e. The van der Waals surface area contributed by atoms with Crippen LogP contribution in [0.2, 0.25) is 0 Å². The molecule has 0 bridgehead atoms. The zero-order valence-corrected chi connectivity index (χ0v) is 11.2. The van der Waals surface area contributed by atoms with Gasteiger partial charge in [-0.3, -0.25) is 0 Å². The molecule has 0 fully saturated rings. The fourth-order valence-electron chi connectivity index (χ4n) is 1.52. The zero-order valence-electron chi connectivity index (χ0n) is 10.4. The molecule has 0 amide bonds. The molecule has 0 heterocycles. The van der Waals surface area contributed by atoms with Gasteiger partial charge in [0.2, 0.25) is 0 Å². The molecule has 0 aliphatic carbocycles. The van der Waals surface area contributed by atoms with Gasteiger partial charge >= 0.3 is 0 Å². The number of thioether (sulfide) groups is 1. The molecule has 0 aromatic heterocycles. The van der Waals surface area contributed by atoms with Gasteiger partial charge in [-0.1, -0.05) is 12.1 Å². The van der Waals surface area contributed by atoms with Crippen LogP contribution in [0.4, 0.5) is 0 Å². The molecule has 0 unspecified atom stereocenters. The van der Waals surface area contributed by atoms with E-state index in [1.54, 1.807) is 11.8 Å². The predicted octanol–water partition coefficient (Wildman–Crippen LogP) is 1.47. The number of aliphatic hydroxyl groups is 1. The average molecular weight is 254 g/mol. The van der Waals surface area contributed by atoms with Gasteiger partial charge in [-0.15, -0.1) is 11.8 Å². The van der Waals surface area contributed by atoms with Crippen molar-refractivity contribution in [3.05, 3.63) is 29.8 Å². The molecule has 0 saturated heterocycles. The van der Waals surface area contributed by atoms with Crippen LogP contribution in [0.25, 0.3) is 0 Å². The minimum Gasteiger partial charge on any atom is -0.395 e. The lowest BCUT2D eigenvalue weighted by Gasteiger charge is -2.06. The molecule has 0 radical (unpaired) electrons. The van der Waals surface area contributed by atoms with Crippen LogP contribution in [0.5, 0.6) is 0 Å². The number of rotatable bonds is 9. The second-order valence-electron chi connectivity index (χ2n) is 3.85. The standard InChI is InChI=1S/C13H22N2OS/c1-17-13-5-3-12(4-6-13)11-15-8-2-7-14-9-10-16/h3-6,14-16H,2,7-11H2,1H3. The third kappa shape index (κ3) is 6.68. The molecule has 0 spiro atoms. The van der Waals surface area contributed by atoms with Gasteiger partial charge in [-0.05, 0) is 43.5 Å². The Bertz CT molecular complexity index is 290. The molecule has 17 heavy (non-hydrogen) atoms. The van der Waals surface area contributed by atoms with E-state index in [1.807, 2.05) is 0 Å². The summed E-state index contributed by atoms with van der Waals surface area (Å²) in [5.74, 6) is 0. The van der Waals surface area contributed by atoms with Crippen molar-refractivity contribution in [2.75, 3.05) is 32.5 Å². The SMILES string of the molecule is CSc1ccc(CNCCCNCCO)cc1. The highest BCUT2D eigenvalue weighted by Gasteiger charge is 1.93. The van der Waals surface area contributed by atoms with Crippen LogP contribution in [0, 0.1) is 0 Å². The lowest BCUT2D eigenvalue weighted by atomic mass is 10.2. The van der Waals surface area contributed by atoms with Crippen molar-refractivity contribution >= 4 is 11.8 Å². The molecule has 0 aliphatic rings. The maximum Gasteiger partial charge on any atom is 0.0555 e. The third-order valence-electron chi connectivity index (χ3n) is 2.48. The third-order valence-corrected chi connectivity index (χ3v) is 3.23. The molecule has 3 N–H and O–H groups in total. The van der Waals surface area contributed by atoms with Crippen LogP contribution in [0.3, 0.4) is 0 Å². The van der Waals surface area contributed by atoms with E-state index in [1.165, 1.54) is 10.5 Å². The van der Waals surface area contributed by atoms with Crippen LogP contribution in [-0.4, -0.2) is 37.6 Å². The van der Waals surface area contributed by atoms with Crippen LogP contribution < -0.4 is 10.6 Å². The van der Waals surface area contributed by atoms with Gasteiger partial charge in [0, 0.05) is 18.0 Å². The Hall–Kier alpha value is -0.550. The van der Waals surface area contributed by atoms with E-state index >= 15 is 0 Å². The molecule has 0 atom stereocenters. The lowest BCUT2D eigenvalue weighted by molar-refractivity contribution is 0.292. The lowest BCUT2D eigenvalue weighted by Crippen LogP contribution is -2.23. The highest BCUT2D eigenvalue weighted by Crippen LogP contribution is 2.14. The van der Waals surface area contributed by atoms with Crippen LogP contribution >= 0.6 is 11.8 Å². The van der Waals surface area contributed by atoms with E-state index in [0.717, 1.165) is 26.1 Å². The summed E-state index contributed by atoms with van der Waals surface area (Å²) in [5, 5.41) is 15.1. The highest BCUT2D eigenvalue weighted by molar-refractivity contribution is 7.98. The first-order valence-corrected chi connectivity index (χ1v) is 7.24. The Kier molecular flexibility index (Phi) is 8.09. The minimum absolute atomic E-state index is 0.217. The zero-order chi connectivity index (χ0) is 12.3. The van der Waals surface area contributed by atoms with E-state index in [4.69, 9.17) is 5.11 Å². The van der Waals surface area contributed by atoms with Crippen molar-refractivity contribution in [2.24, 2.45) is 0 Å². The smallest absolute Gasteiger partial charge is 0.0555 e. The summed E-state index contributed by atoms with van der Waals surface area (Å²) in [7, 11) is 0. The van der Waals surface area contributed by atoms with E-state index in [2.05, 4.69) is 41.2 Å². The van der Waals surface area contributed by atoms with E-state index in [-0.39, 0.29) is 6.61 Å². The average Bonchev–Trinajstić information content (AvgIpc) is 2.38. The van der Waals surface area contributed by atoms with Crippen LogP contribution in [0.1, 0.15) is 12.0 Å². The molecule has 1 aromatic carbocycles. The second-order valence-corrected chi connectivity index (χ2v) is 4.73. The van der Waals surface area contributed by atoms with Gasteiger partial charge in [0.15, 0.2) is 0 Å². The molecule has 96 valence electrons. The van der Waals surface area contributed by atoms with Gasteiger partial charge in [-0.25, -0.2) is 0 Å². The Morgan fingerprint density at radius 3 is 2.41 bits per heavy atom. The Labute approximate surface area is 108 Å². The van der Waals surface area contributed by atoms with Gasteiger partial charge in [0.05, 0.1) is 6.61 Å². The molecule has 1 aromatic rings. The summed E-state index contributed by atoms with van der Waals surface area (Å²) in [4.78, 5) is 1.31. The maximum atomic E-state index is 8.58. The van der Waals surface area contributed by atoms with Crippen molar-refractivity contribution in [2.45, 2.75) is 17.9 Å². The second kappa shape index (κ2) is 9.48. The van der Waals surface area contributed by atoms with E-state index in [0.29, 0.717) is 6.54 Å². The summed E-state index contributed by atoms with van der Waals surface area (Å²) < 4.78 is 0. The quantitative estimate of drug-likeness (QED) is 0.461. The molecular weight excluding hydrogens is 232 g/mol. The van der Waals surface area contributed by atoms with Crippen molar-refractivity contribution in [1.82, 2.24) is 10.6 Å². The molecular formula is C13H22N2OS. The minimum atomic E-state index is 0.217. The fraction of sp³-hybridized carbons (Fsp3) is 0.538. The first kappa shape index (κ1) is 14.5. The van der Waals surface area contributed by atoms with E-state index in [9.17, 15) is 0 Å². The van der Waals surface area contributed by atoms with Crippen LogP contribution in [-0.2, 0) is 6.54 Å². The topological polar surface area (TPSA) is 44.3 Å². The Balaban J connectivity index is 2.05. The first-order chi connectivity index (χ1) is 8.36. The van der Waals surface area contributed by atoms with Crippen molar-refractivity contribution in [1.29, 1.82) is 0 Å². The van der Waals surface area contributed by atoms with Crippen LogP contribution in [0.15, 0.2) is 29.2 Å². The summed E-state index contributed by atoms with van der Waals surface area (Å²) in [5.41, 5.74) is 1.33. The number of benzene rings is 1. The van der Waals surface area contributed by atoms with E-state index < -0.39 is 0 Å². The molecule has 0 aliphatic heterocycles. The predicted molar refractivity (Wildman–Crippen MR) is 74.5 cm³/mol. The number of hydrogen-bond acceptors (Lipinski definition) is 4. The molecule has 3 nitrogen and oxygen atoms in total. The number of nitrogens with one attached hydrogen (secondary N) is 2. The Morgan fingerprint density at radius 2 is 1.76 bits per heavy atom. The van der Waals surface area contributed by atoms with Gasteiger partial charge in [0.25, 0.3) is 0 Å². The maximum absolute atomic E-state index is 8.58. The van der Waals surface area contributed by atoms with Crippen molar-refractivity contribution in [3.63, 3.8) is 0 Å². The highest BCUT2D eigenvalue weighted by atomic mass is 32.2. The van der Waals surface area contributed by atoms with Gasteiger partial charge in [-0.2, -0.15) is 0 Å². The summed E-state index contributed by atoms with van der Waals surface area (Å²) in [6, 6.07) is 8.65. The van der Waals surface area contributed by atoms with Gasteiger partial charge in [0.1, 0.15) is 0 Å². The number of aliphatic hydroxyl groups excluding tert-OH is 1. The van der Waals surface area contributed by atoms with Crippen molar-refractivity contribution in [3.8, 4) is 0 Å². The molecule has 4 heteroatoms. The number of hydrogen-bond donors (Lipinski definition) is 3.